The van der Waals surface area contributed by atoms with Crippen LogP contribution in [0.25, 0.3) is 0 Å². The molecule has 0 aromatic carbocycles. The fraction of sp³-hybridized carbons (Fsp3) is 0.824. The summed E-state index contributed by atoms with van der Waals surface area (Å²) < 4.78 is 2.19. The molecule has 0 amide bonds. The number of rotatable bonds is 3. The Morgan fingerprint density at radius 1 is 1.24 bits per heavy atom. The van der Waals surface area contributed by atoms with Gasteiger partial charge in [0.1, 0.15) is 0 Å². The molecular weight excluding hydrogens is 260 g/mol. The van der Waals surface area contributed by atoms with Gasteiger partial charge in [-0.1, -0.05) is 0 Å². The Balaban J connectivity index is 1.22. The number of likely N-dealkylation sites (tertiary alicyclic amines) is 2. The van der Waals surface area contributed by atoms with Crippen molar-refractivity contribution in [1.82, 2.24) is 19.6 Å². The summed E-state index contributed by atoms with van der Waals surface area (Å²) >= 11 is 0. The molecule has 116 valence electrons. The monoisotopic (exact) mass is 288 g/mol. The highest BCUT2D eigenvalue weighted by molar-refractivity contribution is 5.08. The predicted molar refractivity (Wildman–Crippen MR) is 84.3 cm³/mol. The molecule has 1 aromatic rings. The normalized spacial score (nSPS) is 27.7. The van der Waals surface area contributed by atoms with E-state index < -0.39 is 0 Å². The predicted octanol–water partition coefficient (Wildman–Crippen LogP) is 2.17. The number of aromatic nitrogens is 2. The number of piperidine rings is 1. The van der Waals surface area contributed by atoms with Crippen LogP contribution in [0.3, 0.4) is 0 Å². The molecule has 4 nitrogen and oxygen atoms in total. The van der Waals surface area contributed by atoms with Gasteiger partial charge in [0.25, 0.3) is 0 Å². The van der Waals surface area contributed by atoms with Crippen molar-refractivity contribution >= 4 is 0 Å². The molecule has 1 spiro atoms. The minimum Gasteiger partial charge on any atom is -0.306 e. The molecule has 21 heavy (non-hydrogen) atoms. The van der Waals surface area contributed by atoms with E-state index in [2.05, 4.69) is 45.8 Å². The maximum absolute atomic E-state index is 4.57. The molecule has 0 atom stereocenters. The molecule has 0 N–H and O–H groups in total. The van der Waals surface area contributed by atoms with E-state index in [1.165, 1.54) is 58.4 Å². The van der Waals surface area contributed by atoms with E-state index >= 15 is 0 Å². The highest BCUT2D eigenvalue weighted by Gasteiger charge is 2.53. The highest BCUT2D eigenvalue weighted by atomic mass is 15.3. The number of hydrogen-bond donors (Lipinski definition) is 0. The van der Waals surface area contributed by atoms with Gasteiger partial charge in [-0.25, -0.2) is 0 Å². The van der Waals surface area contributed by atoms with Crippen LogP contribution in [0.4, 0.5) is 0 Å². The van der Waals surface area contributed by atoms with Crippen LogP contribution in [0.2, 0.25) is 0 Å². The molecule has 0 bridgehead atoms. The largest absolute Gasteiger partial charge is 0.306 e. The standard InChI is InChI=1S/C17H28N4/c1-14-3-8-21(18-14)16-9-17(10-16)12-20(13-17)11-15-4-6-19(2)7-5-15/h3,8,15-16H,4-7,9-13H2,1-2H3. The van der Waals surface area contributed by atoms with Crippen molar-refractivity contribution in [2.24, 2.45) is 11.3 Å². The van der Waals surface area contributed by atoms with Crippen LogP contribution >= 0.6 is 0 Å². The molecule has 1 saturated carbocycles. The van der Waals surface area contributed by atoms with E-state index in [1.807, 2.05) is 0 Å². The van der Waals surface area contributed by atoms with E-state index in [4.69, 9.17) is 0 Å². The number of aryl methyl sites for hydroxylation is 1. The Bertz CT molecular complexity index is 487. The van der Waals surface area contributed by atoms with E-state index in [0.717, 1.165) is 11.6 Å². The molecule has 4 heteroatoms. The van der Waals surface area contributed by atoms with Crippen molar-refractivity contribution in [3.8, 4) is 0 Å². The van der Waals surface area contributed by atoms with Crippen LogP contribution in [0.1, 0.15) is 37.4 Å². The van der Waals surface area contributed by atoms with E-state index in [1.54, 1.807) is 0 Å². The van der Waals surface area contributed by atoms with E-state index in [-0.39, 0.29) is 0 Å². The summed E-state index contributed by atoms with van der Waals surface area (Å²) in [5, 5.41) is 4.57. The van der Waals surface area contributed by atoms with Crippen molar-refractivity contribution in [3.05, 3.63) is 18.0 Å². The van der Waals surface area contributed by atoms with Crippen LogP contribution in [0.5, 0.6) is 0 Å². The lowest BCUT2D eigenvalue weighted by molar-refractivity contribution is -0.0985. The lowest BCUT2D eigenvalue weighted by atomic mass is 9.60. The first-order valence-electron chi connectivity index (χ1n) is 8.55. The average molecular weight is 288 g/mol. The SMILES string of the molecule is Cc1ccn(C2CC3(C2)CN(CC2CCN(C)CC2)C3)n1. The van der Waals surface area contributed by atoms with Gasteiger partial charge in [0.15, 0.2) is 0 Å². The smallest absolute Gasteiger partial charge is 0.0593 e. The third-order valence-electron chi connectivity index (χ3n) is 5.93. The van der Waals surface area contributed by atoms with Crippen molar-refractivity contribution < 1.29 is 0 Å². The molecule has 1 aromatic heterocycles. The van der Waals surface area contributed by atoms with Crippen LogP contribution in [0.15, 0.2) is 12.3 Å². The summed E-state index contributed by atoms with van der Waals surface area (Å²) in [6.07, 6.45) is 7.64. The third kappa shape index (κ3) is 2.64. The maximum Gasteiger partial charge on any atom is 0.0593 e. The molecule has 3 aliphatic rings. The zero-order chi connectivity index (χ0) is 14.4. The van der Waals surface area contributed by atoms with Crippen LogP contribution < -0.4 is 0 Å². The maximum atomic E-state index is 4.57. The average Bonchev–Trinajstić information content (AvgIpc) is 2.79. The van der Waals surface area contributed by atoms with Crippen molar-refractivity contribution in [3.63, 3.8) is 0 Å². The Morgan fingerprint density at radius 3 is 2.57 bits per heavy atom. The Kier molecular flexibility index (Phi) is 3.34. The zero-order valence-corrected chi connectivity index (χ0v) is 13.5. The molecule has 0 unspecified atom stereocenters. The van der Waals surface area contributed by atoms with Gasteiger partial charge in [0.05, 0.1) is 11.7 Å². The van der Waals surface area contributed by atoms with Crippen molar-refractivity contribution in [2.75, 3.05) is 39.8 Å². The fourth-order valence-corrected chi connectivity index (χ4v) is 4.66. The second kappa shape index (κ2) is 5.10. The van der Waals surface area contributed by atoms with Crippen molar-refractivity contribution in [2.45, 2.75) is 38.6 Å². The van der Waals surface area contributed by atoms with Gasteiger partial charge in [-0.3, -0.25) is 4.68 Å². The summed E-state index contributed by atoms with van der Waals surface area (Å²) in [5.41, 5.74) is 1.80. The lowest BCUT2D eigenvalue weighted by Gasteiger charge is -2.59. The quantitative estimate of drug-likeness (QED) is 0.852. The van der Waals surface area contributed by atoms with Gasteiger partial charge in [-0.2, -0.15) is 5.10 Å². The lowest BCUT2D eigenvalue weighted by Crippen LogP contribution is -2.63. The summed E-state index contributed by atoms with van der Waals surface area (Å²) in [5.74, 6) is 0.947. The van der Waals surface area contributed by atoms with Crippen LogP contribution in [-0.2, 0) is 0 Å². The summed E-state index contributed by atoms with van der Waals surface area (Å²) in [6.45, 7) is 8.71. The van der Waals surface area contributed by atoms with Gasteiger partial charge in [0, 0.05) is 25.8 Å². The highest BCUT2D eigenvalue weighted by Crippen LogP contribution is 2.54. The van der Waals surface area contributed by atoms with Crippen LogP contribution in [-0.4, -0.2) is 59.4 Å². The minimum absolute atomic E-state index is 0.649. The van der Waals surface area contributed by atoms with E-state index in [9.17, 15) is 0 Å². The van der Waals surface area contributed by atoms with Gasteiger partial charge >= 0.3 is 0 Å². The second-order valence-corrected chi connectivity index (χ2v) is 7.92. The fourth-order valence-electron chi connectivity index (χ4n) is 4.66. The summed E-state index contributed by atoms with van der Waals surface area (Å²) in [6, 6.07) is 2.79. The van der Waals surface area contributed by atoms with Gasteiger partial charge in [-0.05, 0) is 70.1 Å². The molecular formula is C17H28N4. The molecule has 0 radical (unpaired) electrons. The molecule has 2 aliphatic heterocycles. The molecule has 3 heterocycles. The molecule has 2 saturated heterocycles. The first kappa shape index (κ1) is 13.8. The molecule has 3 fully saturated rings. The molecule has 4 rings (SSSR count). The third-order valence-corrected chi connectivity index (χ3v) is 5.93. The Labute approximate surface area is 128 Å². The second-order valence-electron chi connectivity index (χ2n) is 7.92. The zero-order valence-electron chi connectivity index (χ0n) is 13.5. The van der Waals surface area contributed by atoms with Gasteiger partial charge in [0.2, 0.25) is 0 Å². The molecule has 1 aliphatic carbocycles. The Morgan fingerprint density at radius 2 is 1.95 bits per heavy atom. The Hall–Kier alpha value is -0.870. The van der Waals surface area contributed by atoms with Gasteiger partial charge < -0.3 is 9.80 Å². The van der Waals surface area contributed by atoms with E-state index in [0.29, 0.717) is 11.5 Å². The summed E-state index contributed by atoms with van der Waals surface area (Å²) in [4.78, 5) is 5.18. The minimum atomic E-state index is 0.649. The van der Waals surface area contributed by atoms with Gasteiger partial charge in [-0.15, -0.1) is 0 Å². The first-order chi connectivity index (χ1) is 10.1. The number of nitrogens with zero attached hydrogens (tertiary/aromatic N) is 4. The topological polar surface area (TPSA) is 24.3 Å². The van der Waals surface area contributed by atoms with Crippen molar-refractivity contribution in [1.29, 1.82) is 0 Å². The van der Waals surface area contributed by atoms with Crippen LogP contribution in [0, 0.1) is 18.3 Å². The first-order valence-corrected chi connectivity index (χ1v) is 8.55. The number of hydrogen-bond acceptors (Lipinski definition) is 3. The summed E-state index contributed by atoms with van der Waals surface area (Å²) in [7, 11) is 2.25.